The molecular formula is C13H20N2O4S. The second-order valence-corrected chi connectivity index (χ2v) is 7.04. The van der Waals surface area contributed by atoms with Gasteiger partial charge in [0.2, 0.25) is 10.0 Å². The Morgan fingerprint density at radius 3 is 2.80 bits per heavy atom. The third-order valence-electron chi connectivity index (χ3n) is 3.44. The SMILES string of the molecule is Cc1cc(NS(=O)(=O)CCOCC2CCC2)c[nH]c1=O. The largest absolute Gasteiger partial charge is 0.380 e. The Labute approximate surface area is 118 Å². The Kier molecular flexibility index (Phi) is 4.82. The van der Waals surface area contributed by atoms with E-state index < -0.39 is 10.0 Å². The molecule has 0 atom stereocenters. The molecule has 1 aliphatic rings. The molecule has 1 aromatic rings. The van der Waals surface area contributed by atoms with Crippen LogP contribution in [0.4, 0.5) is 5.69 Å². The Hall–Kier alpha value is -1.34. The summed E-state index contributed by atoms with van der Waals surface area (Å²) < 4.78 is 31.5. The number of aryl methyl sites for hydroxylation is 1. The number of anilines is 1. The summed E-state index contributed by atoms with van der Waals surface area (Å²) in [6, 6.07) is 1.51. The lowest BCUT2D eigenvalue weighted by molar-refractivity contribution is 0.0800. The molecule has 0 unspecified atom stereocenters. The molecule has 1 saturated carbocycles. The molecule has 7 heteroatoms. The van der Waals surface area contributed by atoms with Gasteiger partial charge in [-0.1, -0.05) is 6.42 Å². The predicted molar refractivity (Wildman–Crippen MR) is 77.4 cm³/mol. The fourth-order valence-corrected chi connectivity index (χ4v) is 2.88. The molecule has 0 bridgehead atoms. The zero-order valence-electron chi connectivity index (χ0n) is 11.5. The minimum atomic E-state index is -3.45. The van der Waals surface area contributed by atoms with Crippen molar-refractivity contribution in [1.29, 1.82) is 0 Å². The summed E-state index contributed by atoms with van der Waals surface area (Å²) in [6.07, 6.45) is 4.96. The van der Waals surface area contributed by atoms with Crippen LogP contribution >= 0.6 is 0 Å². The van der Waals surface area contributed by atoms with Gasteiger partial charge in [0, 0.05) is 18.4 Å². The smallest absolute Gasteiger partial charge is 0.250 e. The number of rotatable bonds is 7. The van der Waals surface area contributed by atoms with Gasteiger partial charge >= 0.3 is 0 Å². The number of aromatic nitrogens is 1. The van der Waals surface area contributed by atoms with E-state index in [2.05, 4.69) is 9.71 Å². The van der Waals surface area contributed by atoms with Crippen LogP contribution in [0, 0.1) is 12.8 Å². The van der Waals surface area contributed by atoms with Crippen LogP contribution in [0.15, 0.2) is 17.1 Å². The van der Waals surface area contributed by atoms with E-state index in [0.29, 0.717) is 23.8 Å². The molecule has 2 N–H and O–H groups in total. The van der Waals surface area contributed by atoms with Crippen molar-refractivity contribution < 1.29 is 13.2 Å². The Morgan fingerprint density at radius 1 is 1.45 bits per heavy atom. The van der Waals surface area contributed by atoms with Crippen molar-refractivity contribution in [1.82, 2.24) is 4.98 Å². The maximum absolute atomic E-state index is 11.8. The summed E-state index contributed by atoms with van der Waals surface area (Å²) in [5.41, 5.74) is 0.601. The summed E-state index contributed by atoms with van der Waals surface area (Å²) in [5.74, 6) is 0.519. The number of aromatic amines is 1. The van der Waals surface area contributed by atoms with Crippen LogP contribution in [0.3, 0.4) is 0 Å². The van der Waals surface area contributed by atoms with Crippen LogP contribution in [0.1, 0.15) is 24.8 Å². The van der Waals surface area contributed by atoms with Crippen molar-refractivity contribution in [2.24, 2.45) is 5.92 Å². The average molecular weight is 300 g/mol. The molecule has 1 aliphatic carbocycles. The molecule has 1 heterocycles. The quantitative estimate of drug-likeness (QED) is 0.742. The topological polar surface area (TPSA) is 88.3 Å². The number of H-pyrrole nitrogens is 1. The molecule has 1 fully saturated rings. The van der Waals surface area contributed by atoms with Gasteiger partial charge in [-0.15, -0.1) is 0 Å². The van der Waals surface area contributed by atoms with Gasteiger partial charge in [0.1, 0.15) is 0 Å². The van der Waals surface area contributed by atoms with Gasteiger partial charge in [-0.3, -0.25) is 9.52 Å². The van der Waals surface area contributed by atoms with E-state index in [1.54, 1.807) is 6.92 Å². The van der Waals surface area contributed by atoms with Crippen LogP contribution in [-0.2, 0) is 14.8 Å². The van der Waals surface area contributed by atoms with Crippen LogP contribution in [0.2, 0.25) is 0 Å². The molecule has 112 valence electrons. The Bertz CT molecular complexity index is 605. The zero-order valence-corrected chi connectivity index (χ0v) is 12.3. The Balaban J connectivity index is 1.80. The van der Waals surface area contributed by atoms with Crippen LogP contribution < -0.4 is 10.3 Å². The number of hydrogen-bond donors (Lipinski definition) is 2. The lowest BCUT2D eigenvalue weighted by Crippen LogP contribution is -2.23. The first-order chi connectivity index (χ1) is 9.46. The summed E-state index contributed by atoms with van der Waals surface area (Å²) in [4.78, 5) is 13.7. The lowest BCUT2D eigenvalue weighted by atomic mass is 9.86. The molecular weight excluding hydrogens is 280 g/mol. The van der Waals surface area contributed by atoms with Gasteiger partial charge in [-0.2, -0.15) is 0 Å². The Morgan fingerprint density at radius 2 is 2.20 bits per heavy atom. The fraction of sp³-hybridized carbons (Fsp3) is 0.615. The normalized spacial score (nSPS) is 15.8. The molecule has 2 rings (SSSR count). The van der Waals surface area contributed by atoms with Gasteiger partial charge in [0.15, 0.2) is 0 Å². The molecule has 6 nitrogen and oxygen atoms in total. The van der Waals surface area contributed by atoms with Crippen LogP contribution in [0.5, 0.6) is 0 Å². The highest BCUT2D eigenvalue weighted by molar-refractivity contribution is 7.92. The summed E-state index contributed by atoms with van der Waals surface area (Å²) >= 11 is 0. The van der Waals surface area contributed by atoms with E-state index in [0.717, 1.165) is 0 Å². The minimum absolute atomic E-state index is 0.0854. The first kappa shape index (κ1) is 15.1. The van der Waals surface area contributed by atoms with Crippen molar-refractivity contribution in [3.63, 3.8) is 0 Å². The predicted octanol–water partition coefficient (Wildman–Crippen LogP) is 1.24. The third kappa shape index (κ3) is 4.35. The van der Waals surface area contributed by atoms with Crippen molar-refractivity contribution in [2.75, 3.05) is 23.7 Å². The van der Waals surface area contributed by atoms with Gasteiger partial charge in [0.25, 0.3) is 5.56 Å². The monoisotopic (exact) mass is 300 g/mol. The standard InChI is InChI=1S/C13H20N2O4S/c1-10-7-12(8-14-13(10)16)15-20(17,18)6-5-19-9-11-3-2-4-11/h7-8,11,15H,2-6,9H2,1H3,(H,14,16). The third-order valence-corrected chi connectivity index (χ3v) is 4.69. The maximum Gasteiger partial charge on any atom is 0.250 e. The molecule has 20 heavy (non-hydrogen) atoms. The van der Waals surface area contributed by atoms with E-state index in [1.165, 1.54) is 31.5 Å². The van der Waals surface area contributed by atoms with E-state index in [4.69, 9.17) is 4.74 Å². The highest BCUT2D eigenvalue weighted by Gasteiger charge is 2.18. The van der Waals surface area contributed by atoms with Crippen LogP contribution in [-0.4, -0.2) is 32.4 Å². The number of nitrogens with one attached hydrogen (secondary N) is 2. The second kappa shape index (κ2) is 6.41. The van der Waals surface area contributed by atoms with Gasteiger partial charge < -0.3 is 9.72 Å². The summed E-state index contributed by atoms with van der Waals surface area (Å²) in [6.45, 7) is 2.46. The van der Waals surface area contributed by atoms with E-state index in [1.807, 2.05) is 0 Å². The van der Waals surface area contributed by atoms with Crippen molar-refractivity contribution >= 4 is 15.7 Å². The lowest BCUT2D eigenvalue weighted by Gasteiger charge is -2.24. The highest BCUT2D eigenvalue weighted by atomic mass is 32.2. The maximum atomic E-state index is 11.8. The number of pyridine rings is 1. The van der Waals surface area contributed by atoms with Crippen molar-refractivity contribution in [3.05, 3.63) is 28.2 Å². The number of hydrogen-bond acceptors (Lipinski definition) is 4. The van der Waals surface area contributed by atoms with E-state index >= 15 is 0 Å². The highest BCUT2D eigenvalue weighted by Crippen LogP contribution is 2.26. The molecule has 0 amide bonds. The first-order valence-corrected chi connectivity index (χ1v) is 8.39. The van der Waals surface area contributed by atoms with Gasteiger partial charge in [-0.25, -0.2) is 8.42 Å². The minimum Gasteiger partial charge on any atom is -0.380 e. The zero-order chi connectivity index (χ0) is 14.6. The van der Waals surface area contributed by atoms with Gasteiger partial charge in [-0.05, 0) is 31.7 Å². The summed E-state index contributed by atoms with van der Waals surface area (Å²) in [5, 5.41) is 0. The number of sulfonamides is 1. The molecule has 0 saturated heterocycles. The molecule has 0 radical (unpaired) electrons. The van der Waals surface area contributed by atoms with E-state index in [9.17, 15) is 13.2 Å². The fourth-order valence-electron chi connectivity index (χ4n) is 1.97. The molecule has 0 spiro atoms. The van der Waals surface area contributed by atoms with Crippen molar-refractivity contribution in [3.8, 4) is 0 Å². The average Bonchev–Trinajstić information content (AvgIpc) is 2.31. The van der Waals surface area contributed by atoms with E-state index in [-0.39, 0.29) is 17.9 Å². The first-order valence-electron chi connectivity index (χ1n) is 6.74. The molecule has 1 aromatic heterocycles. The molecule has 0 aromatic carbocycles. The van der Waals surface area contributed by atoms with Crippen LogP contribution in [0.25, 0.3) is 0 Å². The molecule has 0 aliphatic heterocycles. The van der Waals surface area contributed by atoms with Crippen molar-refractivity contribution in [2.45, 2.75) is 26.2 Å². The summed E-state index contributed by atoms with van der Waals surface area (Å²) in [7, 11) is -3.45. The second-order valence-electron chi connectivity index (χ2n) is 5.19. The van der Waals surface area contributed by atoms with Gasteiger partial charge in [0.05, 0.1) is 18.0 Å². The number of ether oxygens (including phenoxy) is 1.